The lowest BCUT2D eigenvalue weighted by atomic mass is 9.92. The minimum Gasteiger partial charge on any atom is -0.391 e. The summed E-state index contributed by atoms with van der Waals surface area (Å²) in [6.45, 7) is 4.09. The van der Waals surface area contributed by atoms with Crippen LogP contribution in [0.3, 0.4) is 0 Å². The fourth-order valence-electron chi connectivity index (χ4n) is 2.18. The van der Waals surface area contributed by atoms with Gasteiger partial charge in [0, 0.05) is 0 Å². The molecule has 3 atom stereocenters. The predicted octanol–water partition coefficient (Wildman–Crippen LogP) is 0.779. The van der Waals surface area contributed by atoms with Gasteiger partial charge in [-0.25, -0.2) is 0 Å². The second-order valence-electron chi connectivity index (χ2n) is 5.20. The van der Waals surface area contributed by atoms with Crippen LogP contribution in [0.5, 0.6) is 0 Å². The molecule has 0 spiro atoms. The highest BCUT2D eigenvalue weighted by Gasteiger charge is 2.26. The Bertz CT molecular complexity index is 231. The summed E-state index contributed by atoms with van der Waals surface area (Å²) >= 11 is 0. The predicted molar refractivity (Wildman–Crippen MR) is 63.8 cm³/mol. The third-order valence-electron chi connectivity index (χ3n) is 3.12. The molecule has 1 fully saturated rings. The van der Waals surface area contributed by atoms with E-state index in [9.17, 15) is 9.90 Å². The third-order valence-corrected chi connectivity index (χ3v) is 3.12. The van der Waals surface area contributed by atoms with E-state index in [2.05, 4.69) is 5.32 Å². The minimum absolute atomic E-state index is 0.0977. The Morgan fingerprint density at radius 3 is 2.62 bits per heavy atom. The SMILES string of the molecule is CC(C)CC(N)C(=O)N[C@H]1CCCC[C@@H]1O. The lowest BCUT2D eigenvalue weighted by molar-refractivity contribution is -0.124. The summed E-state index contributed by atoms with van der Waals surface area (Å²) in [5.41, 5.74) is 5.79. The van der Waals surface area contributed by atoms with Crippen molar-refractivity contribution in [1.29, 1.82) is 0 Å². The minimum atomic E-state index is -0.450. The lowest BCUT2D eigenvalue weighted by Gasteiger charge is -2.29. The lowest BCUT2D eigenvalue weighted by Crippen LogP contribution is -2.51. The van der Waals surface area contributed by atoms with Gasteiger partial charge in [0.15, 0.2) is 0 Å². The molecule has 1 amide bonds. The molecule has 0 heterocycles. The fraction of sp³-hybridized carbons (Fsp3) is 0.917. The van der Waals surface area contributed by atoms with Crippen LogP contribution in [0, 0.1) is 5.92 Å². The van der Waals surface area contributed by atoms with E-state index in [1.54, 1.807) is 0 Å². The molecule has 0 aromatic rings. The standard InChI is InChI=1S/C12H24N2O2/c1-8(2)7-9(13)12(16)14-10-5-3-4-6-11(10)15/h8-11,15H,3-7,13H2,1-2H3,(H,14,16)/t9?,10-,11-/m0/s1. The quantitative estimate of drug-likeness (QED) is 0.665. The second-order valence-corrected chi connectivity index (χ2v) is 5.20. The summed E-state index contributed by atoms with van der Waals surface area (Å²) in [4.78, 5) is 11.7. The molecule has 1 aliphatic carbocycles. The number of carbonyl (C=O) groups is 1. The van der Waals surface area contributed by atoms with E-state index in [0.29, 0.717) is 12.3 Å². The van der Waals surface area contributed by atoms with Gasteiger partial charge in [-0.15, -0.1) is 0 Å². The molecule has 0 aliphatic heterocycles. The van der Waals surface area contributed by atoms with E-state index in [1.165, 1.54) is 0 Å². The molecular formula is C12H24N2O2. The van der Waals surface area contributed by atoms with Crippen molar-refractivity contribution in [3.63, 3.8) is 0 Å². The molecule has 4 N–H and O–H groups in total. The first-order chi connectivity index (χ1) is 7.50. The maximum atomic E-state index is 11.7. The molecular weight excluding hydrogens is 204 g/mol. The number of hydrogen-bond donors (Lipinski definition) is 3. The third kappa shape index (κ3) is 4.10. The van der Waals surface area contributed by atoms with Crippen LogP contribution in [0.25, 0.3) is 0 Å². The van der Waals surface area contributed by atoms with Gasteiger partial charge in [-0.3, -0.25) is 4.79 Å². The van der Waals surface area contributed by atoms with Crippen LogP contribution in [0.1, 0.15) is 46.0 Å². The van der Waals surface area contributed by atoms with Crippen molar-refractivity contribution in [1.82, 2.24) is 5.32 Å². The number of amides is 1. The zero-order valence-corrected chi connectivity index (χ0v) is 10.3. The molecule has 16 heavy (non-hydrogen) atoms. The molecule has 0 bridgehead atoms. The first-order valence-electron chi connectivity index (χ1n) is 6.24. The highest BCUT2D eigenvalue weighted by atomic mass is 16.3. The van der Waals surface area contributed by atoms with Crippen molar-refractivity contribution in [2.75, 3.05) is 0 Å². The van der Waals surface area contributed by atoms with Gasteiger partial charge in [0.1, 0.15) is 0 Å². The van der Waals surface area contributed by atoms with E-state index >= 15 is 0 Å². The van der Waals surface area contributed by atoms with Gasteiger partial charge in [-0.05, 0) is 25.2 Å². The largest absolute Gasteiger partial charge is 0.391 e. The normalized spacial score (nSPS) is 27.8. The summed E-state index contributed by atoms with van der Waals surface area (Å²) in [5, 5.41) is 12.6. The summed E-state index contributed by atoms with van der Waals surface area (Å²) < 4.78 is 0. The number of nitrogens with one attached hydrogen (secondary N) is 1. The summed E-state index contributed by atoms with van der Waals surface area (Å²) in [6, 6.07) is -0.548. The van der Waals surface area contributed by atoms with Gasteiger partial charge < -0.3 is 16.2 Å². The Kier molecular flexibility index (Phi) is 5.22. The van der Waals surface area contributed by atoms with Crippen molar-refractivity contribution >= 4 is 5.91 Å². The van der Waals surface area contributed by atoms with Gasteiger partial charge in [0.25, 0.3) is 0 Å². The highest BCUT2D eigenvalue weighted by molar-refractivity contribution is 5.81. The Hall–Kier alpha value is -0.610. The van der Waals surface area contributed by atoms with Crippen molar-refractivity contribution in [2.45, 2.75) is 64.1 Å². The van der Waals surface area contributed by atoms with Crippen molar-refractivity contribution in [2.24, 2.45) is 11.7 Å². The topological polar surface area (TPSA) is 75.4 Å². The molecule has 0 radical (unpaired) electrons. The van der Waals surface area contributed by atoms with Crippen LogP contribution in [0.2, 0.25) is 0 Å². The Morgan fingerprint density at radius 2 is 2.06 bits per heavy atom. The van der Waals surface area contributed by atoms with Crippen LogP contribution in [0.15, 0.2) is 0 Å². The molecule has 1 rings (SSSR count). The average Bonchev–Trinajstić information content (AvgIpc) is 2.20. The molecule has 1 aliphatic rings. The average molecular weight is 228 g/mol. The maximum Gasteiger partial charge on any atom is 0.237 e. The number of aliphatic hydroxyl groups is 1. The van der Waals surface area contributed by atoms with Crippen molar-refractivity contribution < 1.29 is 9.90 Å². The molecule has 94 valence electrons. The van der Waals surface area contributed by atoms with Gasteiger partial charge in [0.05, 0.1) is 18.2 Å². The van der Waals surface area contributed by atoms with E-state index in [1.807, 2.05) is 13.8 Å². The van der Waals surface area contributed by atoms with E-state index in [4.69, 9.17) is 5.73 Å². The first kappa shape index (κ1) is 13.5. The number of carbonyl (C=O) groups excluding carboxylic acids is 1. The van der Waals surface area contributed by atoms with Crippen LogP contribution >= 0.6 is 0 Å². The zero-order valence-electron chi connectivity index (χ0n) is 10.3. The van der Waals surface area contributed by atoms with E-state index in [0.717, 1.165) is 25.7 Å². The monoisotopic (exact) mass is 228 g/mol. The molecule has 4 nitrogen and oxygen atoms in total. The number of nitrogens with two attached hydrogens (primary N) is 1. The van der Waals surface area contributed by atoms with Gasteiger partial charge >= 0.3 is 0 Å². The first-order valence-corrected chi connectivity index (χ1v) is 6.24. The zero-order chi connectivity index (χ0) is 12.1. The van der Waals surface area contributed by atoms with Gasteiger partial charge in [0.2, 0.25) is 5.91 Å². The van der Waals surface area contributed by atoms with E-state index < -0.39 is 12.1 Å². The number of hydrogen-bond acceptors (Lipinski definition) is 3. The Labute approximate surface area is 97.6 Å². The second kappa shape index (κ2) is 6.21. The smallest absolute Gasteiger partial charge is 0.237 e. The van der Waals surface area contributed by atoms with Crippen molar-refractivity contribution in [3.8, 4) is 0 Å². The number of aliphatic hydroxyl groups excluding tert-OH is 1. The summed E-state index contributed by atoms with van der Waals surface area (Å²) in [6.07, 6.45) is 4.05. The van der Waals surface area contributed by atoms with E-state index in [-0.39, 0.29) is 11.9 Å². The molecule has 1 saturated carbocycles. The van der Waals surface area contributed by atoms with Crippen LogP contribution in [0.4, 0.5) is 0 Å². The molecule has 0 aromatic carbocycles. The fourth-order valence-corrected chi connectivity index (χ4v) is 2.18. The Morgan fingerprint density at radius 1 is 1.44 bits per heavy atom. The molecule has 1 unspecified atom stereocenters. The maximum absolute atomic E-state index is 11.7. The highest BCUT2D eigenvalue weighted by Crippen LogP contribution is 2.18. The molecule has 0 saturated heterocycles. The van der Waals surface area contributed by atoms with Crippen LogP contribution < -0.4 is 11.1 Å². The van der Waals surface area contributed by atoms with Gasteiger partial charge in [-0.2, -0.15) is 0 Å². The molecule has 4 heteroatoms. The number of rotatable bonds is 4. The van der Waals surface area contributed by atoms with Crippen LogP contribution in [-0.2, 0) is 4.79 Å². The van der Waals surface area contributed by atoms with Crippen molar-refractivity contribution in [3.05, 3.63) is 0 Å². The molecule has 0 aromatic heterocycles. The summed E-state index contributed by atoms with van der Waals surface area (Å²) in [5.74, 6) is 0.289. The Balaban J connectivity index is 2.37. The van der Waals surface area contributed by atoms with Crippen LogP contribution in [-0.4, -0.2) is 29.2 Å². The summed E-state index contributed by atoms with van der Waals surface area (Å²) in [7, 11) is 0. The van der Waals surface area contributed by atoms with Gasteiger partial charge in [-0.1, -0.05) is 26.7 Å².